The molecule has 1 aromatic carbocycles. The molecule has 2 saturated heterocycles. The maximum absolute atomic E-state index is 5.79. The molecular weight excluding hydrogens is 272 g/mol. The van der Waals surface area contributed by atoms with Gasteiger partial charge in [0.15, 0.2) is 0 Å². The molecule has 4 heteroatoms. The Hall–Kier alpha value is -0.770. The summed E-state index contributed by atoms with van der Waals surface area (Å²) in [6.07, 6.45) is 4.08. The molecule has 1 aromatic rings. The zero-order chi connectivity index (χ0) is 13.0. The van der Waals surface area contributed by atoms with Crippen LogP contribution in [0.4, 0.5) is 0 Å². The smallest absolute Gasteiger partial charge is 0.119 e. The van der Waals surface area contributed by atoms with E-state index in [1.165, 1.54) is 45.4 Å². The van der Waals surface area contributed by atoms with E-state index in [0.717, 1.165) is 18.9 Å². The fourth-order valence-corrected chi connectivity index (χ4v) is 3.39. The van der Waals surface area contributed by atoms with Gasteiger partial charge in [0.25, 0.3) is 0 Å². The van der Waals surface area contributed by atoms with E-state index in [1.807, 2.05) is 30.3 Å². The van der Waals surface area contributed by atoms with Crippen molar-refractivity contribution in [2.45, 2.75) is 19.3 Å². The number of para-hydroxylation sites is 1. The molecule has 0 aliphatic carbocycles. The van der Waals surface area contributed by atoms with Gasteiger partial charge in [0, 0.05) is 13.1 Å². The number of ether oxygens (including phenoxy) is 1. The third kappa shape index (κ3) is 3.87. The van der Waals surface area contributed by atoms with Crippen LogP contribution in [-0.2, 0) is 0 Å². The molecule has 20 heavy (non-hydrogen) atoms. The SMILES string of the molecule is Cl.c1ccc(OCCN2CCC3(CCNCC3)C2)cc1. The highest BCUT2D eigenvalue weighted by molar-refractivity contribution is 5.85. The van der Waals surface area contributed by atoms with E-state index in [1.54, 1.807) is 0 Å². The third-order valence-electron chi connectivity index (χ3n) is 4.60. The van der Waals surface area contributed by atoms with Gasteiger partial charge in [-0.25, -0.2) is 0 Å². The van der Waals surface area contributed by atoms with Crippen LogP contribution in [0, 0.1) is 5.41 Å². The predicted octanol–water partition coefficient (Wildman–Crippen LogP) is 2.56. The molecule has 0 radical (unpaired) electrons. The summed E-state index contributed by atoms with van der Waals surface area (Å²) in [6, 6.07) is 10.1. The summed E-state index contributed by atoms with van der Waals surface area (Å²) in [7, 11) is 0. The van der Waals surface area contributed by atoms with Crippen LogP contribution in [0.5, 0.6) is 5.75 Å². The van der Waals surface area contributed by atoms with Crippen molar-refractivity contribution in [3.63, 3.8) is 0 Å². The van der Waals surface area contributed by atoms with Crippen LogP contribution in [0.2, 0.25) is 0 Å². The Morgan fingerprint density at radius 2 is 1.85 bits per heavy atom. The minimum absolute atomic E-state index is 0. The second-order valence-electron chi connectivity index (χ2n) is 5.94. The molecule has 1 spiro atoms. The van der Waals surface area contributed by atoms with E-state index in [2.05, 4.69) is 10.2 Å². The molecular formula is C16H25ClN2O. The number of piperidine rings is 1. The Labute approximate surface area is 128 Å². The molecule has 2 heterocycles. The van der Waals surface area contributed by atoms with Gasteiger partial charge in [0.1, 0.15) is 12.4 Å². The maximum Gasteiger partial charge on any atom is 0.119 e. The quantitative estimate of drug-likeness (QED) is 0.924. The highest BCUT2D eigenvalue weighted by Crippen LogP contribution is 2.38. The van der Waals surface area contributed by atoms with Crippen LogP contribution >= 0.6 is 12.4 Å². The number of halogens is 1. The molecule has 3 nitrogen and oxygen atoms in total. The van der Waals surface area contributed by atoms with Gasteiger partial charge >= 0.3 is 0 Å². The Kier molecular flexibility index (Phi) is 5.70. The normalized spacial score (nSPS) is 21.6. The second kappa shape index (κ2) is 7.30. The predicted molar refractivity (Wildman–Crippen MR) is 84.8 cm³/mol. The molecule has 0 amide bonds. The van der Waals surface area contributed by atoms with Crippen LogP contribution in [-0.4, -0.2) is 44.2 Å². The zero-order valence-electron chi connectivity index (χ0n) is 12.0. The van der Waals surface area contributed by atoms with E-state index in [-0.39, 0.29) is 12.4 Å². The van der Waals surface area contributed by atoms with Gasteiger partial charge in [0.2, 0.25) is 0 Å². The van der Waals surface area contributed by atoms with Crippen molar-refractivity contribution in [1.29, 1.82) is 0 Å². The lowest BCUT2D eigenvalue weighted by Crippen LogP contribution is -2.39. The van der Waals surface area contributed by atoms with E-state index in [9.17, 15) is 0 Å². The van der Waals surface area contributed by atoms with Gasteiger partial charge in [-0.3, -0.25) is 4.90 Å². The average molecular weight is 297 g/mol. The number of hydrogen-bond donors (Lipinski definition) is 1. The lowest BCUT2D eigenvalue weighted by Gasteiger charge is -2.33. The average Bonchev–Trinajstić information content (AvgIpc) is 2.84. The maximum atomic E-state index is 5.79. The molecule has 3 rings (SSSR count). The van der Waals surface area contributed by atoms with Crippen molar-refractivity contribution >= 4 is 12.4 Å². The number of nitrogens with one attached hydrogen (secondary N) is 1. The number of hydrogen-bond acceptors (Lipinski definition) is 3. The van der Waals surface area contributed by atoms with Crippen LogP contribution in [0.1, 0.15) is 19.3 Å². The molecule has 0 bridgehead atoms. The van der Waals surface area contributed by atoms with Gasteiger partial charge in [0.05, 0.1) is 0 Å². The summed E-state index contributed by atoms with van der Waals surface area (Å²) in [5.74, 6) is 0.985. The van der Waals surface area contributed by atoms with Gasteiger partial charge in [-0.1, -0.05) is 18.2 Å². The van der Waals surface area contributed by atoms with E-state index >= 15 is 0 Å². The molecule has 2 fully saturated rings. The first-order valence-electron chi connectivity index (χ1n) is 7.47. The summed E-state index contributed by atoms with van der Waals surface area (Å²) < 4.78 is 5.79. The van der Waals surface area contributed by atoms with Crippen molar-refractivity contribution in [3.8, 4) is 5.75 Å². The zero-order valence-corrected chi connectivity index (χ0v) is 12.8. The summed E-state index contributed by atoms with van der Waals surface area (Å²) in [4.78, 5) is 2.58. The van der Waals surface area contributed by atoms with Crippen molar-refractivity contribution in [2.75, 3.05) is 39.3 Å². The van der Waals surface area contributed by atoms with Gasteiger partial charge < -0.3 is 10.1 Å². The van der Waals surface area contributed by atoms with Crippen LogP contribution in [0.15, 0.2) is 30.3 Å². The largest absolute Gasteiger partial charge is 0.492 e. The molecule has 0 saturated carbocycles. The highest BCUT2D eigenvalue weighted by Gasteiger charge is 2.38. The highest BCUT2D eigenvalue weighted by atomic mass is 35.5. The number of benzene rings is 1. The molecule has 1 N–H and O–H groups in total. The Morgan fingerprint density at radius 3 is 2.60 bits per heavy atom. The van der Waals surface area contributed by atoms with Crippen molar-refractivity contribution in [2.24, 2.45) is 5.41 Å². The third-order valence-corrected chi connectivity index (χ3v) is 4.60. The first-order valence-corrected chi connectivity index (χ1v) is 7.47. The minimum Gasteiger partial charge on any atom is -0.492 e. The summed E-state index contributed by atoms with van der Waals surface area (Å²) in [6.45, 7) is 6.79. The molecule has 0 unspecified atom stereocenters. The minimum atomic E-state index is 0. The van der Waals surface area contributed by atoms with Crippen molar-refractivity contribution in [1.82, 2.24) is 10.2 Å². The lowest BCUT2D eigenvalue weighted by molar-refractivity contribution is 0.180. The lowest BCUT2D eigenvalue weighted by atomic mass is 9.78. The molecule has 2 aliphatic rings. The first-order chi connectivity index (χ1) is 9.36. The number of likely N-dealkylation sites (tertiary alicyclic amines) is 1. The topological polar surface area (TPSA) is 24.5 Å². The van der Waals surface area contributed by atoms with Gasteiger partial charge in [-0.15, -0.1) is 12.4 Å². The first kappa shape index (κ1) is 15.6. The van der Waals surface area contributed by atoms with E-state index < -0.39 is 0 Å². The second-order valence-corrected chi connectivity index (χ2v) is 5.94. The van der Waals surface area contributed by atoms with Gasteiger partial charge in [-0.05, 0) is 56.4 Å². The Morgan fingerprint density at radius 1 is 1.10 bits per heavy atom. The van der Waals surface area contributed by atoms with Crippen molar-refractivity contribution in [3.05, 3.63) is 30.3 Å². The fraction of sp³-hybridized carbons (Fsp3) is 0.625. The molecule has 112 valence electrons. The standard InChI is InChI=1S/C16H24N2O.ClH/c1-2-4-15(5-3-1)19-13-12-18-11-8-16(14-18)6-9-17-10-7-16;/h1-5,17H,6-14H2;1H. The fourth-order valence-electron chi connectivity index (χ4n) is 3.39. The Balaban J connectivity index is 0.00000147. The summed E-state index contributed by atoms with van der Waals surface area (Å²) in [5, 5.41) is 3.47. The summed E-state index contributed by atoms with van der Waals surface area (Å²) in [5.41, 5.74) is 0.609. The van der Waals surface area contributed by atoms with Crippen molar-refractivity contribution < 1.29 is 4.74 Å². The molecule has 0 aromatic heterocycles. The number of nitrogens with zero attached hydrogens (tertiary/aromatic N) is 1. The summed E-state index contributed by atoms with van der Waals surface area (Å²) >= 11 is 0. The monoisotopic (exact) mass is 296 g/mol. The van der Waals surface area contributed by atoms with E-state index in [4.69, 9.17) is 4.74 Å². The van der Waals surface area contributed by atoms with Crippen LogP contribution in [0.25, 0.3) is 0 Å². The van der Waals surface area contributed by atoms with Crippen LogP contribution < -0.4 is 10.1 Å². The van der Waals surface area contributed by atoms with E-state index in [0.29, 0.717) is 5.41 Å². The number of rotatable bonds is 4. The van der Waals surface area contributed by atoms with Gasteiger partial charge in [-0.2, -0.15) is 0 Å². The molecule has 2 aliphatic heterocycles. The molecule has 0 atom stereocenters. The van der Waals surface area contributed by atoms with Crippen LogP contribution in [0.3, 0.4) is 0 Å². The Bertz CT molecular complexity index is 393.